The van der Waals surface area contributed by atoms with Crippen LogP contribution in [-0.2, 0) is 4.74 Å². The number of carbonyl (C=O) groups excluding carboxylic acids is 3. The normalized spacial score (nSPS) is 17.5. The monoisotopic (exact) mass is 464 g/mol. The van der Waals surface area contributed by atoms with Crippen LogP contribution in [0.15, 0.2) is 47.6 Å². The molecule has 33 heavy (non-hydrogen) atoms. The number of amides is 3. The van der Waals surface area contributed by atoms with Gasteiger partial charge >= 0.3 is 0 Å². The Morgan fingerprint density at radius 3 is 2.82 bits per heavy atom. The van der Waals surface area contributed by atoms with Crippen molar-refractivity contribution in [2.24, 2.45) is 0 Å². The van der Waals surface area contributed by atoms with Gasteiger partial charge in [0.1, 0.15) is 0 Å². The highest BCUT2D eigenvalue weighted by atomic mass is 32.2. The molecule has 1 fully saturated rings. The van der Waals surface area contributed by atoms with Crippen LogP contribution in [0.2, 0.25) is 0 Å². The van der Waals surface area contributed by atoms with Crippen molar-refractivity contribution in [1.82, 2.24) is 25.1 Å². The van der Waals surface area contributed by atoms with Gasteiger partial charge in [0.05, 0.1) is 29.5 Å². The van der Waals surface area contributed by atoms with Gasteiger partial charge in [0, 0.05) is 17.9 Å². The lowest BCUT2D eigenvalue weighted by Gasteiger charge is -2.17. The molecule has 0 spiro atoms. The lowest BCUT2D eigenvalue weighted by atomic mass is 10.1. The van der Waals surface area contributed by atoms with Gasteiger partial charge < -0.3 is 10.1 Å². The van der Waals surface area contributed by atoms with Gasteiger partial charge in [0.2, 0.25) is 5.16 Å². The van der Waals surface area contributed by atoms with Gasteiger partial charge in [-0.25, -0.2) is 0 Å². The largest absolute Gasteiger partial charge is 0.376 e. The van der Waals surface area contributed by atoms with Crippen LogP contribution in [0.3, 0.4) is 0 Å². The molecule has 0 aliphatic carbocycles. The summed E-state index contributed by atoms with van der Waals surface area (Å²) in [5, 5.41) is 15.0. The van der Waals surface area contributed by atoms with E-state index in [1.54, 1.807) is 28.9 Å². The number of thioether (sulfide) groups is 1. The summed E-state index contributed by atoms with van der Waals surface area (Å²) < 4.78 is 7.14. The van der Waals surface area contributed by atoms with Crippen molar-refractivity contribution in [2.45, 2.75) is 24.1 Å². The number of nitrogens with zero attached hydrogens (tertiary/aromatic N) is 5. The Kier molecular flexibility index (Phi) is 5.65. The van der Waals surface area contributed by atoms with E-state index in [2.05, 4.69) is 20.8 Å². The fraction of sp³-hybridized carbons (Fsp3) is 0.273. The summed E-state index contributed by atoms with van der Waals surface area (Å²) in [5.74, 6) is -1.14. The average molecular weight is 465 g/mol. The zero-order valence-electron chi connectivity index (χ0n) is 17.7. The molecule has 10 nitrogen and oxygen atoms in total. The van der Waals surface area contributed by atoms with Crippen LogP contribution in [0, 0.1) is 0 Å². The number of nitrogens with one attached hydrogen (secondary N) is 1. The van der Waals surface area contributed by atoms with E-state index in [9.17, 15) is 14.4 Å². The zero-order valence-corrected chi connectivity index (χ0v) is 18.5. The maximum Gasteiger partial charge on any atom is 0.261 e. The van der Waals surface area contributed by atoms with Crippen molar-refractivity contribution in [3.05, 3.63) is 59.2 Å². The third-order valence-electron chi connectivity index (χ3n) is 5.62. The summed E-state index contributed by atoms with van der Waals surface area (Å²) in [6.45, 7) is 0.876. The quantitative estimate of drug-likeness (QED) is 0.436. The van der Waals surface area contributed by atoms with E-state index in [1.165, 1.54) is 28.8 Å². The Morgan fingerprint density at radius 2 is 2.03 bits per heavy atom. The molecule has 0 saturated carbocycles. The molecule has 3 amide bonds. The molecule has 1 aromatic heterocycles. The molecule has 168 valence electrons. The Bertz CT molecular complexity index is 1250. The topological polar surface area (TPSA) is 119 Å². The first kappa shape index (κ1) is 21.3. The molecular weight excluding hydrogens is 444 g/mol. The molecule has 1 atom stereocenters. The zero-order chi connectivity index (χ0) is 22.9. The number of anilines is 1. The van der Waals surface area contributed by atoms with Crippen LogP contribution >= 0.6 is 11.8 Å². The number of ether oxygens (including phenoxy) is 1. The van der Waals surface area contributed by atoms with Gasteiger partial charge in [-0.05, 0) is 65.9 Å². The highest BCUT2D eigenvalue weighted by Gasteiger charge is 2.38. The van der Waals surface area contributed by atoms with Crippen LogP contribution in [0.1, 0.15) is 43.9 Å². The fourth-order valence-electron chi connectivity index (χ4n) is 3.98. The number of hydrogen-bond acceptors (Lipinski definition) is 8. The molecule has 5 rings (SSSR count). The summed E-state index contributed by atoms with van der Waals surface area (Å²) in [4.78, 5) is 39.7. The maximum absolute atomic E-state index is 12.9. The van der Waals surface area contributed by atoms with Crippen molar-refractivity contribution < 1.29 is 19.1 Å². The van der Waals surface area contributed by atoms with Crippen molar-refractivity contribution in [2.75, 3.05) is 24.7 Å². The minimum atomic E-state index is -0.398. The molecule has 0 bridgehead atoms. The number of benzene rings is 2. The van der Waals surface area contributed by atoms with E-state index in [0.29, 0.717) is 28.7 Å². The third kappa shape index (κ3) is 4.00. The second-order valence-corrected chi connectivity index (χ2v) is 8.47. The van der Waals surface area contributed by atoms with E-state index in [0.717, 1.165) is 12.8 Å². The average Bonchev–Trinajstić information content (AvgIpc) is 3.57. The van der Waals surface area contributed by atoms with Crippen molar-refractivity contribution in [1.29, 1.82) is 0 Å². The van der Waals surface area contributed by atoms with Gasteiger partial charge in [0.15, 0.2) is 0 Å². The van der Waals surface area contributed by atoms with Gasteiger partial charge in [-0.1, -0.05) is 17.8 Å². The number of hydrogen-bond donors (Lipinski definition) is 1. The highest BCUT2D eigenvalue weighted by Crippen LogP contribution is 2.27. The van der Waals surface area contributed by atoms with Gasteiger partial charge in [0.25, 0.3) is 17.7 Å². The number of tetrazole rings is 1. The molecule has 1 saturated heterocycles. The van der Waals surface area contributed by atoms with Gasteiger partial charge in [-0.3, -0.25) is 19.3 Å². The molecule has 3 aromatic rings. The summed E-state index contributed by atoms with van der Waals surface area (Å²) in [6, 6.07) is 11.7. The predicted molar refractivity (Wildman–Crippen MR) is 120 cm³/mol. The summed E-state index contributed by atoms with van der Waals surface area (Å²) in [5.41, 5.74) is 2.06. The first-order valence-electron chi connectivity index (χ1n) is 10.4. The maximum atomic E-state index is 12.9. The molecular formula is C22H20N6O4S. The molecule has 1 N–H and O–H groups in total. The van der Waals surface area contributed by atoms with Crippen LogP contribution in [0.25, 0.3) is 5.69 Å². The number of carbonyl (C=O) groups is 3. The van der Waals surface area contributed by atoms with Crippen LogP contribution in [-0.4, -0.2) is 68.3 Å². The van der Waals surface area contributed by atoms with Gasteiger partial charge in [-0.15, -0.1) is 5.10 Å². The third-order valence-corrected chi connectivity index (χ3v) is 6.23. The van der Waals surface area contributed by atoms with E-state index < -0.39 is 11.8 Å². The molecule has 2 aliphatic heterocycles. The minimum absolute atomic E-state index is 0.130. The summed E-state index contributed by atoms with van der Waals surface area (Å²) in [6.07, 6.45) is 3.48. The van der Waals surface area contributed by atoms with Crippen molar-refractivity contribution in [3.8, 4) is 5.69 Å². The van der Waals surface area contributed by atoms with Crippen molar-refractivity contribution in [3.63, 3.8) is 0 Å². The lowest BCUT2D eigenvalue weighted by Crippen LogP contribution is -2.36. The van der Waals surface area contributed by atoms with Gasteiger partial charge in [-0.2, -0.15) is 4.68 Å². The first-order valence-corrected chi connectivity index (χ1v) is 11.6. The summed E-state index contributed by atoms with van der Waals surface area (Å²) >= 11 is 1.40. The smallest absolute Gasteiger partial charge is 0.261 e. The van der Waals surface area contributed by atoms with Crippen LogP contribution < -0.4 is 5.32 Å². The summed E-state index contributed by atoms with van der Waals surface area (Å²) in [7, 11) is 0. The molecule has 2 aliphatic rings. The van der Waals surface area contributed by atoms with Crippen LogP contribution in [0.5, 0.6) is 0 Å². The Labute approximate surface area is 193 Å². The standard InChI is InChI=1S/C22H20N6O4S/c1-33-22-24-25-26-28(22)15-5-2-4-14(11-15)23-19(29)13-7-8-17-18(10-13)21(31)27(20(17)30)12-16-6-3-9-32-16/h2,4-5,7-8,10-11,16H,3,6,9,12H2,1H3,(H,23,29). The minimum Gasteiger partial charge on any atom is -0.376 e. The van der Waals surface area contributed by atoms with Crippen molar-refractivity contribution >= 4 is 35.2 Å². The molecule has 3 heterocycles. The second-order valence-electron chi connectivity index (χ2n) is 7.70. The number of fused-ring (bicyclic) bond motifs is 1. The Balaban J connectivity index is 1.34. The highest BCUT2D eigenvalue weighted by molar-refractivity contribution is 7.98. The SMILES string of the molecule is CSc1nnnn1-c1cccc(NC(=O)c2ccc3c(c2)C(=O)N(CC2CCCO2)C3=O)c1. The van der Waals surface area contributed by atoms with E-state index in [-0.39, 0.29) is 29.7 Å². The first-order chi connectivity index (χ1) is 16.0. The lowest BCUT2D eigenvalue weighted by molar-refractivity contribution is 0.0475. The molecule has 2 aromatic carbocycles. The van der Waals surface area contributed by atoms with Crippen LogP contribution in [0.4, 0.5) is 5.69 Å². The second kappa shape index (κ2) is 8.75. The van der Waals surface area contributed by atoms with E-state index >= 15 is 0 Å². The molecule has 0 radical (unpaired) electrons. The molecule has 11 heteroatoms. The van der Waals surface area contributed by atoms with E-state index in [1.807, 2.05) is 12.3 Å². The Hall–Kier alpha value is -3.57. The number of aromatic nitrogens is 4. The molecule has 1 unspecified atom stereocenters. The Morgan fingerprint density at radius 1 is 1.18 bits per heavy atom. The number of imide groups is 1. The van der Waals surface area contributed by atoms with E-state index in [4.69, 9.17) is 4.74 Å². The fourth-order valence-corrected chi connectivity index (χ4v) is 4.41. The predicted octanol–water partition coefficient (Wildman–Crippen LogP) is 2.41. The number of rotatable bonds is 6.